The third kappa shape index (κ3) is 4.80. The van der Waals surface area contributed by atoms with E-state index in [1.54, 1.807) is 0 Å². The highest BCUT2D eigenvalue weighted by molar-refractivity contribution is 5.75. The lowest BCUT2D eigenvalue weighted by Gasteiger charge is -2.61. The second-order valence-electron chi connectivity index (χ2n) is 13.5. The minimum absolute atomic E-state index is 0.187. The molecule has 0 amide bonds. The van der Waals surface area contributed by atoms with Crippen LogP contribution < -0.4 is 0 Å². The predicted octanol–water partition coefficient (Wildman–Crippen LogP) is 8.58. The van der Waals surface area contributed by atoms with Gasteiger partial charge < -0.3 is 4.74 Å². The Morgan fingerprint density at radius 2 is 1.59 bits per heavy atom. The Balaban J connectivity index is 1.41. The fraction of sp³-hybridized carbons (Fsp3) is 0.966. The van der Waals surface area contributed by atoms with E-state index in [0.717, 1.165) is 42.4 Å². The minimum Gasteiger partial charge on any atom is -0.456 e. The van der Waals surface area contributed by atoms with Gasteiger partial charge in [0.25, 0.3) is 0 Å². The van der Waals surface area contributed by atoms with Gasteiger partial charge in [0.1, 0.15) is 6.10 Å². The number of rotatable bonds is 6. The number of hydrogen-bond donors (Lipinski definition) is 0. The molecule has 0 radical (unpaired) electrons. The number of carbonyl (C=O) groups is 1. The van der Waals surface area contributed by atoms with E-state index in [1.165, 1.54) is 51.4 Å². The molecule has 4 aliphatic carbocycles. The molecule has 0 aliphatic heterocycles. The molecule has 0 N–H and O–H groups in total. The minimum atomic E-state index is -4.89. The lowest BCUT2D eigenvalue weighted by Crippen LogP contribution is -2.54. The first-order valence-corrected chi connectivity index (χ1v) is 14.1. The van der Waals surface area contributed by atoms with Crippen LogP contribution in [0.5, 0.6) is 0 Å². The number of alkyl halides is 3. The Morgan fingerprint density at radius 1 is 0.912 bits per heavy atom. The van der Waals surface area contributed by atoms with Crippen molar-refractivity contribution in [3.8, 4) is 0 Å². The van der Waals surface area contributed by atoms with E-state index >= 15 is 0 Å². The van der Waals surface area contributed by atoms with Gasteiger partial charge in [-0.1, -0.05) is 53.9 Å². The summed E-state index contributed by atoms with van der Waals surface area (Å²) in [7, 11) is 0. The summed E-state index contributed by atoms with van der Waals surface area (Å²) in [5.74, 6) is 3.05. The first-order chi connectivity index (χ1) is 15.9. The van der Waals surface area contributed by atoms with Gasteiger partial charge in [-0.05, 0) is 110 Å². The number of ether oxygens (including phenoxy) is 1. The average molecular weight is 485 g/mol. The lowest BCUT2D eigenvalue weighted by molar-refractivity contribution is -0.210. The summed E-state index contributed by atoms with van der Waals surface area (Å²) in [5.41, 5.74) is 0.646. The van der Waals surface area contributed by atoms with Crippen LogP contribution in [0.25, 0.3) is 0 Å². The van der Waals surface area contributed by atoms with Crippen LogP contribution in [0.3, 0.4) is 0 Å². The predicted molar refractivity (Wildman–Crippen MR) is 129 cm³/mol. The van der Waals surface area contributed by atoms with Gasteiger partial charge in [-0.15, -0.1) is 0 Å². The Morgan fingerprint density at radius 3 is 2.26 bits per heavy atom. The molecule has 0 spiro atoms. The van der Waals surface area contributed by atoms with E-state index < -0.39 is 18.2 Å². The molecule has 0 saturated heterocycles. The Bertz CT molecular complexity index is 733. The van der Waals surface area contributed by atoms with Crippen molar-refractivity contribution in [2.24, 2.45) is 52.3 Å². The maximum Gasteiger partial charge on any atom is 0.490 e. The highest BCUT2D eigenvalue weighted by Crippen LogP contribution is 2.68. The summed E-state index contributed by atoms with van der Waals surface area (Å²) >= 11 is 0. The second-order valence-corrected chi connectivity index (χ2v) is 13.5. The molecular weight excluding hydrogens is 437 g/mol. The third-order valence-electron chi connectivity index (χ3n) is 11.3. The number of halogens is 3. The summed E-state index contributed by atoms with van der Waals surface area (Å²) in [6.45, 7) is 12.2. The van der Waals surface area contributed by atoms with Crippen molar-refractivity contribution in [1.29, 1.82) is 0 Å². The van der Waals surface area contributed by atoms with E-state index in [9.17, 15) is 18.0 Å². The van der Waals surface area contributed by atoms with Crippen molar-refractivity contribution in [3.05, 3.63) is 0 Å². The largest absolute Gasteiger partial charge is 0.490 e. The standard InChI is InChI=1S/C29H47F3O2/c1-18(2)7-6-8-19(3)23-11-12-24-22-10-9-20-17-21(34-26(33)29(30,31)32)13-15-27(20,4)25(22)14-16-28(23,24)5/h18-25H,6-17H2,1-5H3/t19-,20+,21-,22+,23-,24+,25+,27+,28-/m1/s1. The fourth-order valence-corrected chi connectivity index (χ4v) is 9.57. The molecule has 0 aromatic carbocycles. The van der Waals surface area contributed by atoms with E-state index in [0.29, 0.717) is 30.1 Å². The van der Waals surface area contributed by atoms with Crippen LogP contribution in [0.2, 0.25) is 0 Å². The monoisotopic (exact) mass is 484 g/mol. The van der Waals surface area contributed by atoms with Crippen LogP contribution in [0.15, 0.2) is 0 Å². The Kier molecular flexibility index (Phi) is 7.44. The topological polar surface area (TPSA) is 26.3 Å². The molecule has 4 fully saturated rings. The summed E-state index contributed by atoms with van der Waals surface area (Å²) in [6, 6.07) is 0. The van der Waals surface area contributed by atoms with Crippen LogP contribution in [0.4, 0.5) is 13.2 Å². The zero-order chi connectivity index (χ0) is 24.9. The van der Waals surface area contributed by atoms with Gasteiger partial charge in [-0.3, -0.25) is 0 Å². The summed E-state index contributed by atoms with van der Waals surface area (Å²) in [6.07, 6.45) is 8.28. The zero-order valence-corrected chi connectivity index (χ0v) is 22.1. The maximum absolute atomic E-state index is 12.7. The van der Waals surface area contributed by atoms with Gasteiger partial charge in [0.2, 0.25) is 0 Å². The highest BCUT2D eigenvalue weighted by atomic mass is 19.4. The number of esters is 1. The maximum atomic E-state index is 12.7. The molecule has 0 aromatic rings. The molecule has 4 saturated carbocycles. The normalized spacial score (nSPS) is 43.1. The smallest absolute Gasteiger partial charge is 0.456 e. The van der Waals surface area contributed by atoms with Gasteiger partial charge in [0.15, 0.2) is 0 Å². The van der Waals surface area contributed by atoms with Crippen LogP contribution in [0.1, 0.15) is 112 Å². The molecule has 0 bridgehead atoms. The number of hydrogen-bond acceptors (Lipinski definition) is 2. The molecular formula is C29H47F3O2. The Hall–Kier alpha value is -0.740. The molecule has 4 rings (SSSR count). The van der Waals surface area contributed by atoms with Gasteiger partial charge >= 0.3 is 12.1 Å². The van der Waals surface area contributed by atoms with Crippen LogP contribution in [0, 0.1) is 52.3 Å². The molecule has 9 atom stereocenters. The van der Waals surface area contributed by atoms with Crippen molar-refractivity contribution in [2.75, 3.05) is 0 Å². The SMILES string of the molecule is CC(C)CCC[C@@H](C)[C@H]1CC[C@H]2[C@@H]3CC[C@H]4C[C@H](OC(=O)C(F)(F)F)CC[C@]4(C)[C@H]3CC[C@]12C. The summed E-state index contributed by atoms with van der Waals surface area (Å²) in [5, 5.41) is 0. The fourth-order valence-electron chi connectivity index (χ4n) is 9.57. The van der Waals surface area contributed by atoms with E-state index in [4.69, 9.17) is 4.74 Å². The van der Waals surface area contributed by atoms with Crippen molar-refractivity contribution in [1.82, 2.24) is 0 Å². The average Bonchev–Trinajstić information content (AvgIpc) is 3.10. The van der Waals surface area contributed by atoms with Crippen LogP contribution in [-0.4, -0.2) is 18.2 Å². The van der Waals surface area contributed by atoms with Crippen LogP contribution in [-0.2, 0) is 9.53 Å². The molecule has 5 heteroatoms. The Labute approximate surface area is 205 Å². The van der Waals surface area contributed by atoms with Crippen molar-refractivity contribution in [2.45, 2.75) is 124 Å². The molecule has 2 nitrogen and oxygen atoms in total. The molecule has 0 aromatic heterocycles. The van der Waals surface area contributed by atoms with Crippen LogP contribution >= 0.6 is 0 Å². The van der Waals surface area contributed by atoms with Gasteiger partial charge in [0.05, 0.1) is 0 Å². The second kappa shape index (κ2) is 9.61. The number of carbonyl (C=O) groups excluding carboxylic acids is 1. The van der Waals surface area contributed by atoms with E-state index in [1.807, 2.05) is 0 Å². The third-order valence-corrected chi connectivity index (χ3v) is 11.3. The quantitative estimate of drug-likeness (QED) is 0.353. The first-order valence-electron chi connectivity index (χ1n) is 14.1. The summed E-state index contributed by atoms with van der Waals surface area (Å²) in [4.78, 5) is 11.4. The highest BCUT2D eigenvalue weighted by Gasteiger charge is 2.61. The molecule has 4 aliphatic rings. The number of fused-ring (bicyclic) bond motifs is 5. The molecule has 0 unspecified atom stereocenters. The van der Waals surface area contributed by atoms with E-state index in [2.05, 4.69) is 34.6 Å². The first kappa shape index (κ1) is 26.3. The van der Waals surface area contributed by atoms with Crippen molar-refractivity contribution in [3.63, 3.8) is 0 Å². The lowest BCUT2D eigenvalue weighted by atomic mass is 9.44. The zero-order valence-electron chi connectivity index (χ0n) is 22.1. The van der Waals surface area contributed by atoms with Gasteiger partial charge in [-0.2, -0.15) is 13.2 Å². The van der Waals surface area contributed by atoms with E-state index in [-0.39, 0.29) is 5.41 Å². The molecule has 196 valence electrons. The molecule has 34 heavy (non-hydrogen) atoms. The van der Waals surface area contributed by atoms with Crippen molar-refractivity contribution >= 4 is 5.97 Å². The van der Waals surface area contributed by atoms with Crippen molar-refractivity contribution < 1.29 is 22.7 Å². The van der Waals surface area contributed by atoms with Gasteiger partial charge in [-0.25, -0.2) is 4.79 Å². The molecule has 0 heterocycles. The van der Waals surface area contributed by atoms with Gasteiger partial charge in [0, 0.05) is 0 Å². The summed E-state index contributed by atoms with van der Waals surface area (Å²) < 4.78 is 43.0.